The van der Waals surface area contributed by atoms with E-state index in [2.05, 4.69) is 10.6 Å². The van der Waals surface area contributed by atoms with Crippen LogP contribution in [-0.4, -0.2) is 11.9 Å². The molecule has 96 valence electrons. The predicted octanol–water partition coefficient (Wildman–Crippen LogP) is 1.77. The molecule has 5 heteroatoms. The molecule has 0 aromatic heterocycles. The topological polar surface area (TPSA) is 58.2 Å². The second-order valence-electron chi connectivity index (χ2n) is 4.39. The molecule has 2 aromatic carbocycles. The molecule has 1 saturated heterocycles. The van der Waals surface area contributed by atoms with Crippen LogP contribution in [0, 0.1) is 0 Å². The first-order chi connectivity index (χ1) is 9.23. The van der Waals surface area contributed by atoms with Crippen LogP contribution in [-0.2, 0) is 29.8 Å². The van der Waals surface area contributed by atoms with Crippen LogP contribution in [0.3, 0.4) is 0 Å². The van der Waals surface area contributed by atoms with Crippen LogP contribution in [0.15, 0.2) is 60.7 Å². The quantitative estimate of drug-likeness (QED) is 0.655. The van der Waals surface area contributed by atoms with E-state index in [1.54, 1.807) is 0 Å². The van der Waals surface area contributed by atoms with Crippen LogP contribution >= 0.6 is 0 Å². The SMILES string of the molecule is O=C1NC(=O)C(c2ccccc2)(c2ccccc2)N1.[Zn]. The van der Waals surface area contributed by atoms with Gasteiger partial charge in [0.25, 0.3) is 5.91 Å². The van der Waals surface area contributed by atoms with Crippen molar-refractivity contribution in [3.63, 3.8) is 0 Å². The molecule has 0 spiro atoms. The number of carbonyl (C=O) groups excluding carboxylic acids is 2. The second kappa shape index (κ2) is 5.55. The van der Waals surface area contributed by atoms with Crippen molar-refractivity contribution in [2.45, 2.75) is 5.54 Å². The van der Waals surface area contributed by atoms with Crippen LogP contribution in [0.2, 0.25) is 0 Å². The standard InChI is InChI=1S/C15H12N2O2.Zn/c18-13-15(17-14(19)16-13,11-7-3-1-4-8-11)12-9-5-2-6-10-12;/h1-10H,(H2,16,17,18,19);. The van der Waals surface area contributed by atoms with Crippen molar-refractivity contribution in [1.29, 1.82) is 0 Å². The molecule has 3 amide bonds. The Hall–Kier alpha value is -2.00. The minimum Gasteiger partial charge on any atom is -0.316 e. The maximum absolute atomic E-state index is 12.3. The summed E-state index contributed by atoms with van der Waals surface area (Å²) in [6.45, 7) is 0. The minimum absolute atomic E-state index is 0. The monoisotopic (exact) mass is 316 g/mol. The molecule has 4 nitrogen and oxygen atoms in total. The van der Waals surface area contributed by atoms with Gasteiger partial charge in [0, 0.05) is 19.5 Å². The van der Waals surface area contributed by atoms with Crippen molar-refractivity contribution < 1.29 is 29.1 Å². The molecule has 2 N–H and O–H groups in total. The van der Waals surface area contributed by atoms with Crippen molar-refractivity contribution >= 4 is 11.9 Å². The third-order valence-electron chi connectivity index (χ3n) is 3.28. The van der Waals surface area contributed by atoms with Gasteiger partial charge < -0.3 is 5.32 Å². The minimum atomic E-state index is -1.14. The van der Waals surface area contributed by atoms with Gasteiger partial charge in [-0.2, -0.15) is 0 Å². The third kappa shape index (κ3) is 2.14. The summed E-state index contributed by atoms with van der Waals surface area (Å²) in [5.41, 5.74) is 0.341. The van der Waals surface area contributed by atoms with E-state index in [-0.39, 0.29) is 25.4 Å². The summed E-state index contributed by atoms with van der Waals surface area (Å²) in [6.07, 6.45) is 0. The third-order valence-corrected chi connectivity index (χ3v) is 3.28. The number of imide groups is 1. The molecular weight excluding hydrogens is 306 g/mol. The van der Waals surface area contributed by atoms with E-state index in [1.165, 1.54) is 0 Å². The van der Waals surface area contributed by atoms with Crippen molar-refractivity contribution in [2.24, 2.45) is 0 Å². The van der Waals surface area contributed by atoms with Crippen LogP contribution in [0.5, 0.6) is 0 Å². The number of hydrogen-bond donors (Lipinski definition) is 2. The summed E-state index contributed by atoms with van der Waals surface area (Å²) >= 11 is 0. The zero-order chi connectivity index (χ0) is 13.3. The maximum atomic E-state index is 12.3. The normalized spacial score (nSPS) is 16.0. The number of hydrogen-bond acceptors (Lipinski definition) is 2. The Balaban J connectivity index is 0.00000147. The van der Waals surface area contributed by atoms with Gasteiger partial charge in [-0.15, -0.1) is 0 Å². The molecule has 0 atom stereocenters. The Bertz CT molecular complexity index is 589. The fraction of sp³-hybridized carbons (Fsp3) is 0.0667. The summed E-state index contributed by atoms with van der Waals surface area (Å²) in [7, 11) is 0. The van der Waals surface area contributed by atoms with Crippen molar-refractivity contribution in [1.82, 2.24) is 10.6 Å². The Morgan fingerprint density at radius 1 is 0.750 bits per heavy atom. The second-order valence-corrected chi connectivity index (χ2v) is 4.39. The first kappa shape index (κ1) is 14.4. The van der Waals surface area contributed by atoms with Crippen LogP contribution < -0.4 is 10.6 Å². The fourth-order valence-electron chi connectivity index (χ4n) is 2.40. The van der Waals surface area contributed by atoms with Gasteiger partial charge in [0.1, 0.15) is 0 Å². The molecule has 0 radical (unpaired) electrons. The molecule has 0 aliphatic carbocycles. The van der Waals surface area contributed by atoms with Crippen LogP contribution in [0.25, 0.3) is 0 Å². The average Bonchev–Trinajstić information content (AvgIpc) is 2.76. The Kier molecular flexibility index (Phi) is 4.00. The number of amides is 3. The maximum Gasteiger partial charge on any atom is 0.322 e. The van der Waals surface area contributed by atoms with E-state index in [4.69, 9.17) is 0 Å². The van der Waals surface area contributed by atoms with E-state index in [9.17, 15) is 9.59 Å². The molecule has 1 fully saturated rings. The van der Waals surface area contributed by atoms with Gasteiger partial charge >= 0.3 is 6.03 Å². The van der Waals surface area contributed by atoms with Gasteiger partial charge in [0.05, 0.1) is 0 Å². The van der Waals surface area contributed by atoms with E-state index < -0.39 is 11.6 Å². The summed E-state index contributed by atoms with van der Waals surface area (Å²) in [5.74, 6) is -0.352. The number of carbonyl (C=O) groups is 2. The smallest absolute Gasteiger partial charge is 0.316 e. The zero-order valence-electron chi connectivity index (χ0n) is 10.8. The van der Waals surface area contributed by atoms with Gasteiger partial charge in [0.2, 0.25) is 0 Å². The first-order valence-corrected chi connectivity index (χ1v) is 5.98. The van der Waals surface area contributed by atoms with Gasteiger partial charge in [-0.05, 0) is 11.1 Å². The molecule has 2 aromatic rings. The molecule has 1 aliphatic rings. The van der Waals surface area contributed by atoms with Crippen molar-refractivity contribution in [3.05, 3.63) is 71.8 Å². The molecule has 0 saturated carbocycles. The van der Waals surface area contributed by atoms with Crippen LogP contribution in [0.4, 0.5) is 4.79 Å². The Morgan fingerprint density at radius 2 is 1.20 bits per heavy atom. The average molecular weight is 318 g/mol. The summed E-state index contributed by atoms with van der Waals surface area (Å²) in [4.78, 5) is 23.9. The zero-order valence-corrected chi connectivity index (χ0v) is 13.8. The number of urea groups is 1. The number of rotatable bonds is 2. The van der Waals surface area contributed by atoms with Crippen molar-refractivity contribution in [2.75, 3.05) is 0 Å². The molecule has 1 heterocycles. The largest absolute Gasteiger partial charge is 0.322 e. The molecule has 0 bridgehead atoms. The van der Waals surface area contributed by atoms with Crippen molar-refractivity contribution in [3.8, 4) is 0 Å². The van der Waals surface area contributed by atoms with E-state index >= 15 is 0 Å². The summed E-state index contributed by atoms with van der Waals surface area (Å²) in [6, 6.07) is 18.0. The molecule has 20 heavy (non-hydrogen) atoms. The van der Waals surface area contributed by atoms with E-state index in [0.717, 1.165) is 11.1 Å². The van der Waals surface area contributed by atoms with Gasteiger partial charge in [-0.3, -0.25) is 10.1 Å². The van der Waals surface area contributed by atoms with Gasteiger partial charge in [-0.1, -0.05) is 60.7 Å². The van der Waals surface area contributed by atoms with E-state index in [0.29, 0.717) is 0 Å². The Labute approximate surface area is 129 Å². The number of benzene rings is 2. The fourth-order valence-corrected chi connectivity index (χ4v) is 2.40. The first-order valence-electron chi connectivity index (χ1n) is 5.98. The molecule has 0 unspecified atom stereocenters. The van der Waals surface area contributed by atoms with Crippen LogP contribution in [0.1, 0.15) is 11.1 Å². The predicted molar refractivity (Wildman–Crippen MR) is 70.3 cm³/mol. The van der Waals surface area contributed by atoms with Gasteiger partial charge in [0.15, 0.2) is 5.54 Å². The van der Waals surface area contributed by atoms with Gasteiger partial charge in [-0.25, -0.2) is 4.79 Å². The molecule has 1 aliphatic heterocycles. The number of nitrogens with one attached hydrogen (secondary N) is 2. The Morgan fingerprint density at radius 3 is 1.55 bits per heavy atom. The summed E-state index contributed by atoms with van der Waals surface area (Å²) < 4.78 is 0. The summed E-state index contributed by atoms with van der Waals surface area (Å²) in [5, 5.41) is 5.07. The van der Waals surface area contributed by atoms with E-state index in [1.807, 2.05) is 60.7 Å². The molecule has 3 rings (SSSR count). The molecular formula is C15H12N2O2Zn.